The summed E-state index contributed by atoms with van der Waals surface area (Å²) in [6.07, 6.45) is 1.97. The van der Waals surface area contributed by atoms with Crippen LogP contribution in [0, 0.1) is 0 Å². The van der Waals surface area contributed by atoms with Gasteiger partial charge >= 0.3 is 0 Å². The van der Waals surface area contributed by atoms with E-state index >= 15 is 0 Å². The minimum Gasteiger partial charge on any atom is -0.436 e. The molecule has 1 aliphatic carbocycles. The third kappa shape index (κ3) is 2.06. The van der Waals surface area contributed by atoms with E-state index in [0.717, 1.165) is 26.2 Å². The zero-order valence-electron chi connectivity index (χ0n) is 11.7. The Bertz CT molecular complexity index is 595. The molecule has 6 nitrogen and oxygen atoms in total. The van der Waals surface area contributed by atoms with E-state index in [1.165, 1.54) is 6.08 Å². The topological polar surface area (TPSA) is 66.7 Å². The molecule has 0 radical (unpaired) electrons. The van der Waals surface area contributed by atoms with Gasteiger partial charge in [-0.2, -0.15) is 0 Å². The first-order chi connectivity index (χ1) is 9.60. The molecule has 0 N–H and O–H groups in total. The first kappa shape index (κ1) is 13.1. The van der Waals surface area contributed by atoms with E-state index in [0.29, 0.717) is 18.0 Å². The maximum Gasteiger partial charge on any atom is 0.246 e. The van der Waals surface area contributed by atoms with E-state index in [1.807, 2.05) is 18.9 Å². The zero-order valence-corrected chi connectivity index (χ0v) is 11.7. The summed E-state index contributed by atoms with van der Waals surface area (Å²) >= 11 is 0. The molecule has 6 heteroatoms. The minimum absolute atomic E-state index is 0.100. The molecule has 0 amide bonds. The highest BCUT2D eigenvalue weighted by atomic mass is 16.4. The van der Waals surface area contributed by atoms with Crippen LogP contribution in [0.2, 0.25) is 0 Å². The lowest BCUT2D eigenvalue weighted by Gasteiger charge is -2.35. The van der Waals surface area contributed by atoms with Crippen LogP contribution in [0.3, 0.4) is 0 Å². The van der Waals surface area contributed by atoms with Crippen LogP contribution in [0.15, 0.2) is 16.2 Å². The van der Waals surface area contributed by atoms with Gasteiger partial charge in [-0.05, 0) is 7.05 Å². The first-order valence-electron chi connectivity index (χ1n) is 6.84. The van der Waals surface area contributed by atoms with Crippen molar-refractivity contribution in [1.82, 2.24) is 14.8 Å². The summed E-state index contributed by atoms with van der Waals surface area (Å²) in [6.45, 7) is 5.11. The Kier molecular flexibility index (Phi) is 3.17. The van der Waals surface area contributed by atoms with Gasteiger partial charge in [0.05, 0.1) is 5.70 Å². The van der Waals surface area contributed by atoms with E-state index in [4.69, 9.17) is 4.42 Å². The number of Topliss-reactive ketones (excluding diaryl/α,β-unsaturated/α-hetero) is 1. The Hall–Kier alpha value is -1.95. The van der Waals surface area contributed by atoms with Crippen LogP contribution in [0.1, 0.15) is 33.9 Å². The number of allylic oxidation sites excluding steroid dienone is 2. The van der Waals surface area contributed by atoms with Gasteiger partial charge < -0.3 is 14.2 Å². The van der Waals surface area contributed by atoms with Crippen molar-refractivity contribution < 1.29 is 14.0 Å². The van der Waals surface area contributed by atoms with Crippen molar-refractivity contribution in [2.24, 2.45) is 0 Å². The van der Waals surface area contributed by atoms with Crippen LogP contribution < -0.4 is 0 Å². The number of aromatic nitrogens is 1. The zero-order chi connectivity index (χ0) is 14.3. The molecule has 0 aromatic carbocycles. The van der Waals surface area contributed by atoms with E-state index < -0.39 is 0 Å². The second-order valence-electron chi connectivity index (χ2n) is 5.15. The molecule has 1 fully saturated rings. The van der Waals surface area contributed by atoms with E-state index in [2.05, 4.69) is 9.88 Å². The van der Waals surface area contributed by atoms with Crippen LogP contribution in [0.25, 0.3) is 0 Å². The Labute approximate surface area is 117 Å². The van der Waals surface area contributed by atoms with Crippen LogP contribution in [-0.4, -0.2) is 59.6 Å². The summed E-state index contributed by atoms with van der Waals surface area (Å²) < 4.78 is 5.42. The highest BCUT2D eigenvalue weighted by Gasteiger charge is 2.34. The van der Waals surface area contributed by atoms with Crippen LogP contribution in [-0.2, 0) is 6.42 Å². The fourth-order valence-corrected chi connectivity index (χ4v) is 2.49. The standard InChI is InChI=1S/C14H17N3O3/c1-3-11-15-12-10(18)8-9(13(19)14(12)20-11)17-6-4-16(2)5-7-17/h8H,3-7H2,1-2H3. The smallest absolute Gasteiger partial charge is 0.246 e. The molecule has 2 aliphatic rings. The Morgan fingerprint density at radius 3 is 2.60 bits per heavy atom. The van der Waals surface area contributed by atoms with Gasteiger partial charge in [-0.25, -0.2) is 4.98 Å². The number of likely N-dealkylation sites (N-methyl/N-ethyl adjacent to an activating group) is 1. The van der Waals surface area contributed by atoms with Gasteiger partial charge in [0.2, 0.25) is 17.3 Å². The van der Waals surface area contributed by atoms with Gasteiger partial charge in [0.1, 0.15) is 0 Å². The monoisotopic (exact) mass is 275 g/mol. The van der Waals surface area contributed by atoms with Crippen LogP contribution in [0.5, 0.6) is 0 Å². The highest BCUT2D eigenvalue weighted by Crippen LogP contribution is 2.25. The number of carbonyl (C=O) groups is 2. The Morgan fingerprint density at radius 1 is 1.25 bits per heavy atom. The van der Waals surface area contributed by atoms with Gasteiger partial charge in [0.25, 0.3) is 0 Å². The summed E-state index contributed by atoms with van der Waals surface area (Å²) in [5.74, 6) is 0.0707. The molecule has 106 valence electrons. The SMILES string of the molecule is CCc1nc2c(o1)C(=O)C(N1CCN(C)CC1)=CC2=O. The Morgan fingerprint density at radius 2 is 1.95 bits per heavy atom. The molecule has 20 heavy (non-hydrogen) atoms. The lowest BCUT2D eigenvalue weighted by atomic mass is 10.0. The number of hydrogen-bond acceptors (Lipinski definition) is 6. The maximum atomic E-state index is 12.5. The number of fused-ring (bicyclic) bond motifs is 1. The molecule has 2 heterocycles. The molecule has 3 rings (SSSR count). The van der Waals surface area contributed by atoms with Gasteiger partial charge in [-0.3, -0.25) is 9.59 Å². The number of aryl methyl sites for hydroxylation is 1. The highest BCUT2D eigenvalue weighted by molar-refractivity contribution is 6.22. The second-order valence-corrected chi connectivity index (χ2v) is 5.15. The van der Waals surface area contributed by atoms with Crippen molar-refractivity contribution in [2.75, 3.05) is 33.2 Å². The number of piperazine rings is 1. The molecule has 0 atom stereocenters. The molecule has 0 bridgehead atoms. The Balaban J connectivity index is 1.90. The summed E-state index contributed by atoms with van der Waals surface area (Å²) in [5, 5.41) is 0. The lowest BCUT2D eigenvalue weighted by molar-refractivity contribution is 0.0900. The molecule has 1 aliphatic heterocycles. The molecule has 0 unspecified atom stereocenters. The fourth-order valence-electron chi connectivity index (χ4n) is 2.49. The number of rotatable bonds is 2. The van der Waals surface area contributed by atoms with Gasteiger partial charge in [0.15, 0.2) is 11.6 Å². The predicted molar refractivity (Wildman–Crippen MR) is 71.7 cm³/mol. The van der Waals surface area contributed by atoms with Crippen molar-refractivity contribution in [3.8, 4) is 0 Å². The van der Waals surface area contributed by atoms with Gasteiger partial charge in [-0.15, -0.1) is 0 Å². The van der Waals surface area contributed by atoms with Crippen molar-refractivity contribution in [1.29, 1.82) is 0 Å². The minimum atomic E-state index is -0.239. The molecule has 1 saturated heterocycles. The van der Waals surface area contributed by atoms with E-state index in [-0.39, 0.29) is 23.0 Å². The predicted octanol–water partition coefficient (Wildman–Crippen LogP) is 0.747. The third-order valence-electron chi connectivity index (χ3n) is 3.76. The molecule has 1 aromatic rings. The molecule has 0 saturated carbocycles. The quantitative estimate of drug-likeness (QED) is 0.793. The summed E-state index contributed by atoms with van der Waals surface area (Å²) in [4.78, 5) is 32.8. The number of ketones is 2. The average Bonchev–Trinajstić information content (AvgIpc) is 2.89. The largest absolute Gasteiger partial charge is 0.436 e. The fraction of sp³-hybridized carbons (Fsp3) is 0.500. The molecular formula is C14H17N3O3. The molecule has 0 spiro atoms. The van der Waals surface area contributed by atoms with Crippen LogP contribution >= 0.6 is 0 Å². The van der Waals surface area contributed by atoms with E-state index in [1.54, 1.807) is 0 Å². The van der Waals surface area contributed by atoms with Crippen molar-refractivity contribution in [3.05, 3.63) is 29.1 Å². The van der Waals surface area contributed by atoms with E-state index in [9.17, 15) is 9.59 Å². The molecular weight excluding hydrogens is 258 g/mol. The number of nitrogens with zero attached hydrogens (tertiary/aromatic N) is 3. The number of hydrogen-bond donors (Lipinski definition) is 0. The first-order valence-corrected chi connectivity index (χ1v) is 6.84. The molecule has 1 aromatic heterocycles. The van der Waals surface area contributed by atoms with Crippen molar-refractivity contribution in [3.63, 3.8) is 0 Å². The summed E-state index contributed by atoms with van der Waals surface area (Å²) in [7, 11) is 2.04. The normalized spacial score (nSPS) is 20.1. The third-order valence-corrected chi connectivity index (χ3v) is 3.76. The number of carbonyl (C=O) groups excluding carboxylic acids is 2. The number of oxazole rings is 1. The average molecular weight is 275 g/mol. The summed E-state index contributed by atoms with van der Waals surface area (Å²) in [6, 6.07) is 0. The summed E-state index contributed by atoms with van der Waals surface area (Å²) in [5.41, 5.74) is 0.596. The van der Waals surface area contributed by atoms with Crippen LogP contribution in [0.4, 0.5) is 0 Å². The second kappa shape index (κ2) is 4.86. The van der Waals surface area contributed by atoms with Crippen molar-refractivity contribution >= 4 is 11.6 Å². The van der Waals surface area contributed by atoms with Gasteiger partial charge in [0, 0.05) is 38.7 Å². The van der Waals surface area contributed by atoms with Crippen molar-refractivity contribution in [2.45, 2.75) is 13.3 Å². The lowest BCUT2D eigenvalue weighted by Crippen LogP contribution is -2.45. The van der Waals surface area contributed by atoms with Gasteiger partial charge in [-0.1, -0.05) is 6.92 Å². The maximum absolute atomic E-state index is 12.5.